The van der Waals surface area contributed by atoms with Gasteiger partial charge in [-0.1, -0.05) is 39.0 Å². The molecule has 0 spiro atoms. The molecular formula is C22H30FN3O5Si. The fraction of sp³-hybridized carbons (Fsp3) is 0.500. The molecule has 1 aliphatic rings. The van der Waals surface area contributed by atoms with E-state index in [2.05, 4.69) is 44.2 Å². The highest BCUT2D eigenvalue weighted by molar-refractivity contribution is 6.74. The Balaban J connectivity index is 1.70. The number of nitrogens with one attached hydrogen (secondary N) is 1. The van der Waals surface area contributed by atoms with Crippen LogP contribution in [0.3, 0.4) is 0 Å². The molecular weight excluding hydrogens is 433 g/mol. The molecule has 1 aliphatic heterocycles. The minimum Gasteiger partial charge on any atom is -0.414 e. The molecule has 2 N–H and O–H groups in total. The van der Waals surface area contributed by atoms with Gasteiger partial charge in [-0.2, -0.15) is 4.98 Å². The number of benzene rings is 1. The molecule has 32 heavy (non-hydrogen) atoms. The molecule has 1 amide bonds. The van der Waals surface area contributed by atoms with Crippen LogP contribution >= 0.6 is 0 Å². The van der Waals surface area contributed by atoms with E-state index in [0.717, 1.165) is 4.57 Å². The highest BCUT2D eigenvalue weighted by Crippen LogP contribution is 2.38. The van der Waals surface area contributed by atoms with Gasteiger partial charge >= 0.3 is 5.69 Å². The van der Waals surface area contributed by atoms with E-state index in [1.807, 2.05) is 0 Å². The maximum atomic E-state index is 14.8. The van der Waals surface area contributed by atoms with Gasteiger partial charge in [-0.3, -0.25) is 9.36 Å². The van der Waals surface area contributed by atoms with Crippen molar-refractivity contribution in [3.63, 3.8) is 0 Å². The molecule has 4 atom stereocenters. The van der Waals surface area contributed by atoms with Crippen molar-refractivity contribution in [1.29, 1.82) is 0 Å². The largest absolute Gasteiger partial charge is 0.414 e. The van der Waals surface area contributed by atoms with Crippen LogP contribution in [-0.2, 0) is 9.16 Å². The van der Waals surface area contributed by atoms with Crippen molar-refractivity contribution >= 4 is 20.0 Å². The van der Waals surface area contributed by atoms with Crippen molar-refractivity contribution in [3.05, 3.63) is 58.6 Å². The van der Waals surface area contributed by atoms with Crippen LogP contribution in [0.1, 0.15) is 37.4 Å². The maximum Gasteiger partial charge on any atom is 0.351 e. The Morgan fingerprint density at radius 1 is 1.28 bits per heavy atom. The molecule has 1 saturated heterocycles. The van der Waals surface area contributed by atoms with Crippen LogP contribution < -0.4 is 11.0 Å². The molecule has 1 aromatic carbocycles. The Morgan fingerprint density at radius 3 is 2.53 bits per heavy atom. The molecule has 0 radical (unpaired) electrons. The number of hydrogen-bond donors (Lipinski definition) is 2. The summed E-state index contributed by atoms with van der Waals surface area (Å²) < 4.78 is 27.5. The summed E-state index contributed by atoms with van der Waals surface area (Å²) in [6.07, 6.45) is -4.22. The van der Waals surface area contributed by atoms with E-state index in [4.69, 9.17) is 9.16 Å². The number of nitrogens with zero attached hydrogens (tertiary/aromatic N) is 2. The molecule has 1 aromatic heterocycles. The number of aromatic nitrogens is 2. The SMILES string of the molecule is CC(C)(C)[Si](C)(C)OC[C@H]1O[C@@H](n2ccc(NC(=O)c3ccccc3)nc2=O)[C@H](F)[C@@H]1O. The van der Waals surface area contributed by atoms with Crippen molar-refractivity contribution in [2.45, 2.75) is 63.5 Å². The van der Waals surface area contributed by atoms with Crippen LogP contribution in [-0.4, -0.2) is 53.9 Å². The van der Waals surface area contributed by atoms with Crippen LogP contribution in [0.2, 0.25) is 18.1 Å². The van der Waals surface area contributed by atoms with Crippen molar-refractivity contribution < 1.29 is 23.5 Å². The number of anilines is 1. The summed E-state index contributed by atoms with van der Waals surface area (Å²) in [5.41, 5.74) is -0.393. The standard InChI is InChI=1S/C22H30FN3O5Si/c1-22(2,3)32(4,5)30-13-15-18(27)17(23)20(31-15)26-12-11-16(25-21(26)29)24-19(28)14-9-7-6-8-10-14/h6-12,15,17-18,20,27H,13H2,1-5H3,(H,24,25,28,29)/t15-,17-,18-,20-/m1/s1. The summed E-state index contributed by atoms with van der Waals surface area (Å²) in [6, 6.07) is 9.85. The monoisotopic (exact) mass is 463 g/mol. The summed E-state index contributed by atoms with van der Waals surface area (Å²) in [4.78, 5) is 28.5. The summed E-state index contributed by atoms with van der Waals surface area (Å²) in [5.74, 6) is -0.388. The Hall–Kier alpha value is -2.40. The molecule has 0 unspecified atom stereocenters. The highest BCUT2D eigenvalue weighted by atomic mass is 28.4. The lowest BCUT2D eigenvalue weighted by Gasteiger charge is -2.37. The van der Waals surface area contributed by atoms with Crippen LogP contribution in [0.5, 0.6) is 0 Å². The number of ether oxygens (including phenoxy) is 1. The third kappa shape index (κ3) is 5.15. The summed E-state index contributed by atoms with van der Waals surface area (Å²) in [5, 5.41) is 12.8. The number of halogens is 1. The Labute approximate surface area is 187 Å². The molecule has 10 heteroatoms. The van der Waals surface area contributed by atoms with Gasteiger partial charge < -0.3 is 19.6 Å². The number of amides is 1. The van der Waals surface area contributed by atoms with Gasteiger partial charge in [-0.25, -0.2) is 9.18 Å². The van der Waals surface area contributed by atoms with Gasteiger partial charge in [0.2, 0.25) is 0 Å². The number of carbonyl (C=O) groups excluding carboxylic acids is 1. The highest BCUT2D eigenvalue weighted by Gasteiger charge is 2.47. The Bertz CT molecular complexity index is 1010. The molecule has 2 aromatic rings. The predicted octanol–water partition coefficient (Wildman–Crippen LogP) is 3.11. The van der Waals surface area contributed by atoms with Crippen LogP contribution in [0, 0.1) is 0 Å². The van der Waals surface area contributed by atoms with E-state index in [9.17, 15) is 19.1 Å². The van der Waals surface area contributed by atoms with Gasteiger partial charge in [0.25, 0.3) is 5.91 Å². The lowest BCUT2D eigenvalue weighted by atomic mass is 10.1. The third-order valence-electron chi connectivity index (χ3n) is 6.09. The molecule has 0 aliphatic carbocycles. The zero-order chi connectivity index (χ0) is 23.7. The van der Waals surface area contributed by atoms with E-state index in [1.54, 1.807) is 30.3 Å². The molecule has 0 bridgehead atoms. The average molecular weight is 464 g/mol. The van der Waals surface area contributed by atoms with Gasteiger partial charge in [-0.05, 0) is 36.3 Å². The van der Waals surface area contributed by atoms with Crippen LogP contribution in [0.25, 0.3) is 0 Å². The second-order valence-corrected chi connectivity index (χ2v) is 14.2. The van der Waals surface area contributed by atoms with E-state index >= 15 is 0 Å². The smallest absolute Gasteiger partial charge is 0.351 e. The number of rotatable bonds is 6. The minimum atomic E-state index is -2.12. The Kier molecular flexibility index (Phi) is 6.99. The van der Waals surface area contributed by atoms with Crippen molar-refractivity contribution in [2.24, 2.45) is 0 Å². The fourth-order valence-electron chi connectivity index (χ4n) is 3.03. The number of aliphatic hydroxyl groups is 1. The van der Waals surface area contributed by atoms with E-state index < -0.39 is 44.5 Å². The first kappa shape index (κ1) is 24.2. The second-order valence-electron chi connectivity index (χ2n) is 9.39. The zero-order valence-corrected chi connectivity index (χ0v) is 19.9. The van der Waals surface area contributed by atoms with Gasteiger partial charge in [-0.15, -0.1) is 0 Å². The molecule has 174 valence electrons. The molecule has 1 fully saturated rings. The topological polar surface area (TPSA) is 103 Å². The quantitative estimate of drug-likeness (QED) is 0.638. The van der Waals surface area contributed by atoms with Crippen LogP contribution in [0.15, 0.2) is 47.4 Å². The third-order valence-corrected chi connectivity index (χ3v) is 10.6. The Morgan fingerprint density at radius 2 is 1.94 bits per heavy atom. The first-order chi connectivity index (χ1) is 14.9. The summed E-state index contributed by atoms with van der Waals surface area (Å²) >= 11 is 0. The lowest BCUT2D eigenvalue weighted by molar-refractivity contribution is -0.0466. The summed E-state index contributed by atoms with van der Waals surface area (Å²) in [6.45, 7) is 10.4. The first-order valence-corrected chi connectivity index (χ1v) is 13.4. The van der Waals surface area contributed by atoms with E-state index in [0.29, 0.717) is 5.56 Å². The lowest BCUT2D eigenvalue weighted by Crippen LogP contribution is -2.44. The summed E-state index contributed by atoms with van der Waals surface area (Å²) in [7, 11) is -2.12. The number of alkyl halides is 1. The van der Waals surface area contributed by atoms with E-state index in [-0.39, 0.29) is 17.5 Å². The molecule has 3 rings (SSSR count). The van der Waals surface area contributed by atoms with E-state index in [1.165, 1.54) is 12.3 Å². The minimum absolute atomic E-state index is 0.0297. The normalized spacial score (nSPS) is 23.8. The zero-order valence-electron chi connectivity index (χ0n) is 18.9. The van der Waals surface area contributed by atoms with Crippen LogP contribution in [0.4, 0.5) is 10.2 Å². The average Bonchev–Trinajstić information content (AvgIpc) is 3.00. The maximum absolute atomic E-state index is 14.8. The first-order valence-electron chi connectivity index (χ1n) is 10.5. The molecule has 8 nitrogen and oxygen atoms in total. The van der Waals surface area contributed by atoms with Crippen molar-refractivity contribution in [3.8, 4) is 0 Å². The second kappa shape index (κ2) is 9.22. The van der Waals surface area contributed by atoms with Crippen molar-refractivity contribution in [1.82, 2.24) is 9.55 Å². The van der Waals surface area contributed by atoms with Crippen molar-refractivity contribution in [2.75, 3.05) is 11.9 Å². The van der Waals surface area contributed by atoms with Gasteiger partial charge in [0.05, 0.1) is 6.61 Å². The molecule has 0 saturated carbocycles. The number of hydrogen-bond acceptors (Lipinski definition) is 6. The van der Waals surface area contributed by atoms with Gasteiger partial charge in [0, 0.05) is 11.8 Å². The number of carbonyl (C=O) groups is 1. The fourth-order valence-corrected chi connectivity index (χ4v) is 4.04. The van der Waals surface area contributed by atoms with Gasteiger partial charge in [0.1, 0.15) is 18.0 Å². The molecule has 2 heterocycles. The van der Waals surface area contributed by atoms with Gasteiger partial charge in [0.15, 0.2) is 20.7 Å². The predicted molar refractivity (Wildman–Crippen MR) is 121 cm³/mol. The number of aliphatic hydroxyl groups excluding tert-OH is 1.